The third-order valence-corrected chi connectivity index (χ3v) is 5.89. The molecule has 3 rings (SSSR count). The summed E-state index contributed by atoms with van der Waals surface area (Å²) in [5.41, 5.74) is 4.53. The van der Waals surface area contributed by atoms with E-state index >= 15 is 0 Å². The van der Waals surface area contributed by atoms with Crippen LogP contribution in [0.3, 0.4) is 0 Å². The normalized spacial score (nSPS) is 11.6. The number of nitrogens with two attached hydrogens (primary N) is 1. The zero-order valence-corrected chi connectivity index (χ0v) is 15.5. The van der Waals surface area contributed by atoms with Crippen LogP contribution >= 0.6 is 51.6 Å². The standard InChI is InChI=1S/C12H9Cl2IN5OP/c13-7-2-1-6-8(5-3-17-20(4-5)22-15)11(12(21)19-16)18-10(6)9(7)14/h1-4,18,22H,16H2,(H,19,21). The van der Waals surface area contributed by atoms with Gasteiger partial charge in [0.15, 0.2) is 0 Å². The lowest BCUT2D eigenvalue weighted by Gasteiger charge is -2.01. The molecule has 2 heterocycles. The number of hydrogen-bond donors (Lipinski definition) is 3. The van der Waals surface area contributed by atoms with Crippen molar-refractivity contribution in [2.24, 2.45) is 5.84 Å². The number of aromatic nitrogens is 3. The highest BCUT2D eigenvalue weighted by Crippen LogP contribution is 2.39. The monoisotopic (exact) mass is 467 g/mol. The van der Waals surface area contributed by atoms with Crippen LogP contribution in [0.5, 0.6) is 0 Å². The maximum absolute atomic E-state index is 12.1. The second kappa shape index (κ2) is 6.33. The number of aromatic amines is 1. The minimum Gasteiger partial charge on any atom is -0.349 e. The van der Waals surface area contributed by atoms with Gasteiger partial charge in [-0.25, -0.2) is 10.3 Å². The van der Waals surface area contributed by atoms with E-state index in [1.54, 1.807) is 16.7 Å². The molecule has 1 amide bonds. The fourth-order valence-corrected chi connectivity index (χ4v) is 3.69. The van der Waals surface area contributed by atoms with E-state index < -0.39 is 5.91 Å². The summed E-state index contributed by atoms with van der Waals surface area (Å²) in [6, 6.07) is 3.50. The van der Waals surface area contributed by atoms with E-state index in [4.69, 9.17) is 29.0 Å². The van der Waals surface area contributed by atoms with Crippen molar-refractivity contribution in [3.05, 3.63) is 40.3 Å². The second-order valence-electron chi connectivity index (χ2n) is 4.39. The molecule has 6 nitrogen and oxygen atoms in total. The second-order valence-corrected chi connectivity index (χ2v) is 7.25. The first kappa shape index (κ1) is 16.0. The lowest BCUT2D eigenvalue weighted by atomic mass is 10.0. The summed E-state index contributed by atoms with van der Waals surface area (Å²) < 4.78 is 1.79. The van der Waals surface area contributed by atoms with E-state index in [2.05, 4.69) is 37.5 Å². The van der Waals surface area contributed by atoms with Gasteiger partial charge < -0.3 is 4.98 Å². The summed E-state index contributed by atoms with van der Waals surface area (Å²) in [5, 5.41) is 5.80. The largest absolute Gasteiger partial charge is 0.349 e. The van der Waals surface area contributed by atoms with Gasteiger partial charge in [-0.05, 0) is 28.1 Å². The van der Waals surface area contributed by atoms with Crippen LogP contribution < -0.4 is 11.3 Å². The Morgan fingerprint density at radius 3 is 2.86 bits per heavy atom. The number of nitrogen functional groups attached to an aromatic ring is 1. The summed E-state index contributed by atoms with van der Waals surface area (Å²) >= 11 is 14.5. The Kier molecular flexibility index (Phi) is 4.61. The molecule has 0 spiro atoms. The van der Waals surface area contributed by atoms with Crippen molar-refractivity contribution in [3.63, 3.8) is 0 Å². The van der Waals surface area contributed by atoms with E-state index in [0.717, 1.165) is 10.9 Å². The van der Waals surface area contributed by atoms with Crippen LogP contribution in [-0.2, 0) is 0 Å². The molecule has 0 saturated carbocycles. The highest BCUT2D eigenvalue weighted by atomic mass is 127. The van der Waals surface area contributed by atoms with Gasteiger partial charge in [0.25, 0.3) is 5.91 Å². The smallest absolute Gasteiger partial charge is 0.282 e. The molecule has 0 aliphatic carbocycles. The fraction of sp³-hybridized carbons (Fsp3) is 0. The molecule has 114 valence electrons. The summed E-state index contributed by atoms with van der Waals surface area (Å²) in [6.07, 6.45) is 4.03. The zero-order chi connectivity index (χ0) is 15.9. The van der Waals surface area contributed by atoms with Gasteiger partial charge in [-0.2, -0.15) is 5.10 Å². The topological polar surface area (TPSA) is 88.7 Å². The van der Waals surface area contributed by atoms with Crippen molar-refractivity contribution >= 4 is 68.4 Å². The minimum absolute atomic E-state index is 0.318. The van der Waals surface area contributed by atoms with Crippen LogP contribution in [0.2, 0.25) is 10.0 Å². The Morgan fingerprint density at radius 1 is 1.45 bits per heavy atom. The summed E-state index contributed by atoms with van der Waals surface area (Å²) in [4.78, 5) is 15.1. The highest BCUT2D eigenvalue weighted by molar-refractivity contribution is 14.2. The van der Waals surface area contributed by atoms with Gasteiger partial charge in [0.1, 0.15) is 5.69 Å². The number of hydrogen-bond acceptors (Lipinski definition) is 3. The van der Waals surface area contributed by atoms with E-state index in [1.165, 1.54) is 0 Å². The molecule has 22 heavy (non-hydrogen) atoms. The van der Waals surface area contributed by atoms with Gasteiger partial charge in [-0.1, -0.05) is 29.3 Å². The van der Waals surface area contributed by atoms with Gasteiger partial charge in [0, 0.05) is 22.7 Å². The van der Waals surface area contributed by atoms with Crippen LogP contribution in [0, 0.1) is 0 Å². The number of amides is 1. The number of H-pyrrole nitrogens is 1. The van der Waals surface area contributed by atoms with E-state index in [1.807, 2.05) is 12.3 Å². The van der Waals surface area contributed by atoms with Crippen molar-refractivity contribution in [3.8, 4) is 11.1 Å². The van der Waals surface area contributed by atoms with Crippen molar-refractivity contribution in [2.75, 3.05) is 0 Å². The third kappa shape index (κ3) is 2.61. The Morgan fingerprint density at radius 2 is 2.23 bits per heavy atom. The van der Waals surface area contributed by atoms with E-state index in [0.29, 0.717) is 33.2 Å². The maximum Gasteiger partial charge on any atom is 0.282 e. The number of halogens is 3. The Balaban J connectivity index is 2.34. The molecule has 0 fully saturated rings. The number of carbonyl (C=O) groups excluding carboxylic acids is 1. The van der Waals surface area contributed by atoms with Crippen LogP contribution in [0.1, 0.15) is 10.5 Å². The van der Waals surface area contributed by atoms with Gasteiger partial charge in [0.2, 0.25) is 0 Å². The predicted octanol–water partition coefficient (Wildman–Crippen LogP) is 3.73. The van der Waals surface area contributed by atoms with Gasteiger partial charge in [0.05, 0.1) is 28.1 Å². The first-order valence-corrected chi connectivity index (χ1v) is 10.8. The Bertz CT molecular complexity index is 878. The maximum atomic E-state index is 12.1. The molecule has 1 atom stereocenters. The van der Waals surface area contributed by atoms with Gasteiger partial charge in [-0.15, -0.1) is 0 Å². The van der Waals surface area contributed by atoms with E-state index in [9.17, 15) is 4.79 Å². The lowest BCUT2D eigenvalue weighted by molar-refractivity contribution is 0.0950. The molecule has 10 heteroatoms. The third-order valence-electron chi connectivity index (χ3n) is 3.18. The molecule has 3 aromatic rings. The number of nitrogens with one attached hydrogen (secondary N) is 2. The fourth-order valence-electron chi connectivity index (χ4n) is 2.24. The average molecular weight is 468 g/mol. The average Bonchev–Trinajstić information content (AvgIpc) is 3.14. The number of benzene rings is 1. The van der Waals surface area contributed by atoms with Crippen LogP contribution in [0.25, 0.3) is 22.0 Å². The SMILES string of the molecule is NNC(=O)c1[nH]c2c(Cl)c(Cl)ccc2c1-c1cnn(PI)c1. The molecule has 2 aromatic heterocycles. The van der Waals surface area contributed by atoms with Crippen LogP contribution in [0.4, 0.5) is 0 Å². The van der Waals surface area contributed by atoms with Crippen LogP contribution in [0.15, 0.2) is 24.5 Å². The summed E-state index contributed by atoms with van der Waals surface area (Å²) in [5.74, 6) is 4.83. The van der Waals surface area contributed by atoms with Crippen molar-refractivity contribution in [2.45, 2.75) is 0 Å². The predicted molar refractivity (Wildman–Crippen MR) is 98.9 cm³/mol. The molecule has 0 aliphatic rings. The van der Waals surface area contributed by atoms with Crippen molar-refractivity contribution < 1.29 is 4.79 Å². The number of hydrazine groups is 1. The minimum atomic E-state index is -0.442. The lowest BCUT2D eigenvalue weighted by Crippen LogP contribution is -2.30. The summed E-state index contributed by atoms with van der Waals surface area (Å²) in [7, 11) is 0. The number of carbonyl (C=O) groups is 1. The highest BCUT2D eigenvalue weighted by Gasteiger charge is 2.21. The molecule has 0 bridgehead atoms. The first-order chi connectivity index (χ1) is 10.6. The molecule has 0 aliphatic heterocycles. The Labute approximate surface area is 150 Å². The molecular formula is C12H9Cl2IN5OP. The van der Waals surface area contributed by atoms with Gasteiger partial charge >= 0.3 is 0 Å². The molecule has 1 aromatic carbocycles. The first-order valence-electron chi connectivity index (χ1n) is 5.99. The van der Waals surface area contributed by atoms with Crippen molar-refractivity contribution in [1.29, 1.82) is 0 Å². The Hall–Kier alpha value is -0.860. The number of nitrogens with zero attached hydrogens (tertiary/aromatic N) is 2. The summed E-state index contributed by atoms with van der Waals surface area (Å²) in [6.45, 7) is 0. The molecule has 0 radical (unpaired) electrons. The molecule has 4 N–H and O–H groups in total. The van der Waals surface area contributed by atoms with Crippen LogP contribution in [-0.4, -0.2) is 20.4 Å². The van der Waals surface area contributed by atoms with Gasteiger partial charge in [-0.3, -0.25) is 10.2 Å². The van der Waals surface area contributed by atoms with E-state index in [-0.39, 0.29) is 0 Å². The molecule has 1 unspecified atom stereocenters. The quantitative estimate of drug-likeness (QED) is 0.180. The van der Waals surface area contributed by atoms with Crippen molar-refractivity contribution in [1.82, 2.24) is 20.0 Å². The number of rotatable bonds is 3. The zero-order valence-electron chi connectivity index (χ0n) is 10.8. The number of fused-ring (bicyclic) bond motifs is 1. The molecular weight excluding hydrogens is 459 g/mol. The molecule has 0 saturated heterocycles.